The fourth-order valence-corrected chi connectivity index (χ4v) is 2.66. The molecule has 0 saturated heterocycles. The van der Waals surface area contributed by atoms with E-state index in [1.807, 2.05) is 37.5 Å². The molecule has 0 fully saturated rings. The van der Waals surface area contributed by atoms with Crippen LogP contribution in [0.15, 0.2) is 35.6 Å². The Morgan fingerprint density at radius 3 is 2.85 bits per heavy atom. The van der Waals surface area contributed by atoms with Gasteiger partial charge in [0.1, 0.15) is 5.82 Å². The van der Waals surface area contributed by atoms with Gasteiger partial charge < -0.3 is 25.1 Å². The number of guanidine groups is 1. The van der Waals surface area contributed by atoms with Crippen LogP contribution in [-0.2, 0) is 6.54 Å². The van der Waals surface area contributed by atoms with E-state index >= 15 is 0 Å². The van der Waals surface area contributed by atoms with Crippen LogP contribution in [0.3, 0.4) is 0 Å². The number of rotatable bonds is 6. The number of benzene rings is 1. The van der Waals surface area contributed by atoms with Crippen LogP contribution in [-0.4, -0.2) is 35.3 Å². The Hall–Kier alpha value is -1.97. The normalized spacial score (nSPS) is 13.7. The second-order valence-electron chi connectivity index (χ2n) is 5.98. The summed E-state index contributed by atoms with van der Waals surface area (Å²) in [7, 11) is 0. The summed E-state index contributed by atoms with van der Waals surface area (Å²) in [6.45, 7) is 5.00. The molecule has 0 atom stereocenters. The van der Waals surface area contributed by atoms with Crippen LogP contribution in [0.4, 0.5) is 5.69 Å². The molecule has 0 spiro atoms. The van der Waals surface area contributed by atoms with E-state index in [-0.39, 0.29) is 24.0 Å². The van der Waals surface area contributed by atoms with E-state index in [9.17, 15) is 0 Å². The Morgan fingerprint density at radius 2 is 2.08 bits per heavy atom. The maximum atomic E-state index is 5.97. The van der Waals surface area contributed by atoms with Gasteiger partial charge in [-0.1, -0.05) is 0 Å². The predicted molar refractivity (Wildman–Crippen MR) is 114 cm³/mol. The van der Waals surface area contributed by atoms with Crippen LogP contribution in [0.25, 0.3) is 0 Å². The summed E-state index contributed by atoms with van der Waals surface area (Å²) in [6.07, 6.45) is 6.72. The molecule has 0 saturated carbocycles. The van der Waals surface area contributed by atoms with Gasteiger partial charge in [0.2, 0.25) is 0 Å². The Balaban J connectivity index is 0.00000243. The van der Waals surface area contributed by atoms with Crippen molar-refractivity contribution in [2.75, 3.05) is 25.1 Å². The number of imidazole rings is 1. The molecule has 2 aromatic rings. The van der Waals surface area contributed by atoms with Gasteiger partial charge in [0.25, 0.3) is 0 Å². The Bertz CT molecular complexity index is 732. The summed E-state index contributed by atoms with van der Waals surface area (Å²) in [5.74, 6) is 2.96. The van der Waals surface area contributed by atoms with Crippen molar-refractivity contribution in [3.8, 4) is 11.5 Å². The number of nitrogens with two attached hydrogens (primary N) is 1. The zero-order valence-corrected chi connectivity index (χ0v) is 17.3. The van der Waals surface area contributed by atoms with Crippen molar-refractivity contribution < 1.29 is 9.47 Å². The summed E-state index contributed by atoms with van der Waals surface area (Å²) in [5.41, 5.74) is 6.81. The summed E-state index contributed by atoms with van der Waals surface area (Å²) in [6, 6.07) is 5.70. The van der Waals surface area contributed by atoms with Crippen molar-refractivity contribution in [2.24, 2.45) is 10.7 Å². The monoisotopic (exact) mass is 471 g/mol. The van der Waals surface area contributed by atoms with E-state index in [4.69, 9.17) is 15.2 Å². The molecule has 1 aromatic heterocycles. The highest BCUT2D eigenvalue weighted by Crippen LogP contribution is 2.32. The lowest BCUT2D eigenvalue weighted by molar-refractivity contribution is 0.297. The highest BCUT2D eigenvalue weighted by Gasteiger charge is 2.10. The SMILES string of the molecule is Cc1nccn1CCCCN=C(N)Nc1ccc2c(c1)OCCCO2.I. The molecule has 1 aliphatic heterocycles. The van der Waals surface area contributed by atoms with E-state index in [1.165, 1.54) is 0 Å². The number of hydrogen-bond donors (Lipinski definition) is 2. The summed E-state index contributed by atoms with van der Waals surface area (Å²) < 4.78 is 13.4. The van der Waals surface area contributed by atoms with Crippen molar-refractivity contribution in [1.82, 2.24) is 9.55 Å². The van der Waals surface area contributed by atoms with Gasteiger partial charge in [0.05, 0.1) is 13.2 Å². The largest absolute Gasteiger partial charge is 0.490 e. The molecule has 0 radical (unpaired) electrons. The second kappa shape index (κ2) is 10.2. The number of nitrogens with one attached hydrogen (secondary N) is 1. The minimum Gasteiger partial charge on any atom is -0.490 e. The highest BCUT2D eigenvalue weighted by molar-refractivity contribution is 14.0. The molecular formula is C18H26IN5O2. The molecule has 8 heteroatoms. The number of unbranched alkanes of at least 4 members (excludes halogenated alkanes) is 1. The lowest BCUT2D eigenvalue weighted by Crippen LogP contribution is -2.22. The van der Waals surface area contributed by atoms with E-state index in [2.05, 4.69) is 19.9 Å². The summed E-state index contributed by atoms with van der Waals surface area (Å²) in [4.78, 5) is 8.59. The number of aliphatic imine (C=N–C) groups is 1. The third-order valence-corrected chi connectivity index (χ3v) is 4.03. The second-order valence-corrected chi connectivity index (χ2v) is 5.98. The number of aromatic nitrogens is 2. The molecule has 7 nitrogen and oxygen atoms in total. The average Bonchev–Trinajstić information content (AvgIpc) is 2.87. The van der Waals surface area contributed by atoms with Crippen molar-refractivity contribution in [3.05, 3.63) is 36.4 Å². The van der Waals surface area contributed by atoms with Gasteiger partial charge >= 0.3 is 0 Å². The summed E-state index contributed by atoms with van der Waals surface area (Å²) >= 11 is 0. The predicted octanol–water partition coefficient (Wildman–Crippen LogP) is 3.18. The van der Waals surface area contributed by atoms with E-state index in [0.29, 0.717) is 25.7 Å². The molecule has 3 N–H and O–H groups in total. The fourth-order valence-electron chi connectivity index (χ4n) is 2.66. The van der Waals surface area contributed by atoms with Crippen LogP contribution in [0.2, 0.25) is 0 Å². The van der Waals surface area contributed by atoms with Gasteiger partial charge in [0, 0.05) is 43.7 Å². The summed E-state index contributed by atoms with van der Waals surface area (Å²) in [5, 5.41) is 3.10. The zero-order chi connectivity index (χ0) is 17.5. The van der Waals surface area contributed by atoms with Gasteiger partial charge in [-0.2, -0.15) is 0 Å². The quantitative estimate of drug-likeness (QED) is 0.293. The van der Waals surface area contributed by atoms with E-state index in [1.54, 1.807) is 0 Å². The first-order valence-corrected chi connectivity index (χ1v) is 8.67. The molecule has 0 aliphatic carbocycles. The minimum atomic E-state index is 0. The molecule has 1 aromatic carbocycles. The first-order valence-electron chi connectivity index (χ1n) is 8.67. The van der Waals surface area contributed by atoms with Gasteiger partial charge in [-0.25, -0.2) is 4.98 Å². The van der Waals surface area contributed by atoms with Crippen molar-refractivity contribution in [2.45, 2.75) is 32.7 Å². The van der Waals surface area contributed by atoms with Crippen LogP contribution in [0.1, 0.15) is 25.1 Å². The molecule has 142 valence electrons. The number of nitrogens with zero attached hydrogens (tertiary/aromatic N) is 3. The first kappa shape index (κ1) is 20.3. The van der Waals surface area contributed by atoms with Crippen LogP contribution in [0.5, 0.6) is 11.5 Å². The number of fused-ring (bicyclic) bond motifs is 1. The maximum absolute atomic E-state index is 5.97. The van der Waals surface area contributed by atoms with Crippen molar-refractivity contribution >= 4 is 35.6 Å². The number of hydrogen-bond acceptors (Lipinski definition) is 4. The Kier molecular flexibility index (Phi) is 8.02. The zero-order valence-electron chi connectivity index (χ0n) is 15.0. The standard InChI is InChI=1S/C18H25N5O2.HI/c1-14-20-8-10-23(14)9-3-2-7-21-18(19)22-15-5-6-16-17(13-15)25-12-4-11-24-16;/h5-6,8,10,13H,2-4,7,9,11-12H2,1H3,(H3,19,21,22);1H. The fraction of sp³-hybridized carbons (Fsp3) is 0.444. The van der Waals surface area contributed by atoms with E-state index in [0.717, 1.165) is 48.8 Å². The molecule has 3 rings (SSSR count). The number of ether oxygens (including phenoxy) is 2. The van der Waals surface area contributed by atoms with Crippen LogP contribution in [0, 0.1) is 6.92 Å². The Labute approximate surface area is 171 Å². The topological polar surface area (TPSA) is 86.7 Å². The lowest BCUT2D eigenvalue weighted by Gasteiger charge is -2.10. The molecule has 2 heterocycles. The number of aryl methyl sites for hydroxylation is 2. The van der Waals surface area contributed by atoms with Crippen LogP contribution >= 0.6 is 24.0 Å². The smallest absolute Gasteiger partial charge is 0.193 e. The number of anilines is 1. The molecule has 0 amide bonds. The third-order valence-electron chi connectivity index (χ3n) is 4.03. The van der Waals surface area contributed by atoms with Gasteiger partial charge in [-0.3, -0.25) is 4.99 Å². The third kappa shape index (κ3) is 5.79. The van der Waals surface area contributed by atoms with Gasteiger partial charge in [-0.05, 0) is 31.9 Å². The Morgan fingerprint density at radius 1 is 1.27 bits per heavy atom. The molecule has 0 unspecified atom stereocenters. The number of halogens is 1. The lowest BCUT2D eigenvalue weighted by atomic mass is 10.3. The average molecular weight is 471 g/mol. The van der Waals surface area contributed by atoms with Gasteiger partial charge in [0.15, 0.2) is 17.5 Å². The minimum absolute atomic E-state index is 0. The van der Waals surface area contributed by atoms with Crippen molar-refractivity contribution in [1.29, 1.82) is 0 Å². The van der Waals surface area contributed by atoms with Crippen LogP contribution < -0.4 is 20.5 Å². The molecule has 0 bridgehead atoms. The molecular weight excluding hydrogens is 445 g/mol. The van der Waals surface area contributed by atoms with Crippen molar-refractivity contribution in [3.63, 3.8) is 0 Å². The maximum Gasteiger partial charge on any atom is 0.193 e. The highest BCUT2D eigenvalue weighted by atomic mass is 127. The molecule has 1 aliphatic rings. The molecule has 26 heavy (non-hydrogen) atoms. The van der Waals surface area contributed by atoms with Gasteiger partial charge in [-0.15, -0.1) is 24.0 Å². The first-order chi connectivity index (χ1) is 12.2. The van der Waals surface area contributed by atoms with E-state index < -0.39 is 0 Å².